The Kier molecular flexibility index (Phi) is 5.03. The molecule has 0 bridgehead atoms. The van der Waals surface area contributed by atoms with Gasteiger partial charge in [-0.05, 0) is 24.3 Å². The average Bonchev–Trinajstić information content (AvgIpc) is 2.67. The van der Waals surface area contributed by atoms with Gasteiger partial charge in [0.2, 0.25) is 0 Å². The number of carboxylic acid groups (broad SMARTS) is 2. The van der Waals surface area contributed by atoms with Gasteiger partial charge in [-0.1, -0.05) is 36.4 Å². The first-order chi connectivity index (χ1) is 13.4. The molecule has 0 atom stereocenters. The van der Waals surface area contributed by atoms with E-state index in [2.05, 4.69) is 0 Å². The van der Waals surface area contributed by atoms with Gasteiger partial charge in [0, 0.05) is 10.8 Å². The summed E-state index contributed by atoms with van der Waals surface area (Å²) < 4.78 is 9.64. The van der Waals surface area contributed by atoms with E-state index >= 15 is 0 Å². The van der Waals surface area contributed by atoms with Crippen molar-refractivity contribution in [1.82, 2.24) is 0 Å². The molecule has 28 heavy (non-hydrogen) atoms. The highest BCUT2D eigenvalue weighted by Crippen LogP contribution is 2.13. The van der Waals surface area contributed by atoms with Gasteiger partial charge in [-0.2, -0.15) is 0 Å². The largest absolute Gasteiger partial charge is 0.477 e. The van der Waals surface area contributed by atoms with Gasteiger partial charge in [-0.3, -0.25) is 0 Å². The predicted octanol–water partition coefficient (Wildman–Crippen LogP) is 2.98. The number of hydrogen-bond acceptors (Lipinski definition) is 6. The Bertz CT molecular complexity index is 1210. The van der Waals surface area contributed by atoms with Crippen molar-refractivity contribution >= 4 is 33.9 Å². The van der Waals surface area contributed by atoms with E-state index in [1.54, 1.807) is 48.5 Å². The molecule has 0 unspecified atom stereocenters. The lowest BCUT2D eigenvalue weighted by atomic mass is 10.2. The zero-order valence-corrected chi connectivity index (χ0v) is 14.1. The fraction of sp³-hybridized carbons (Fsp3) is 0. The SMILES string of the molecule is O=C(O)c1cc2ccccc2oc1=O.O=C(O)c1cc2ccccc2oc1=O. The molecular formula is C20H12O8. The Morgan fingerprint density at radius 1 is 0.643 bits per heavy atom. The monoisotopic (exact) mass is 380 g/mol. The van der Waals surface area contributed by atoms with Crippen LogP contribution in [0.2, 0.25) is 0 Å². The van der Waals surface area contributed by atoms with E-state index in [1.807, 2.05) is 0 Å². The second-order valence-corrected chi connectivity index (χ2v) is 5.58. The Morgan fingerprint density at radius 2 is 1.00 bits per heavy atom. The van der Waals surface area contributed by atoms with E-state index in [9.17, 15) is 19.2 Å². The third-order valence-corrected chi connectivity index (χ3v) is 3.74. The maximum absolute atomic E-state index is 11.1. The molecule has 0 aliphatic heterocycles. The molecular weight excluding hydrogens is 368 g/mol. The van der Waals surface area contributed by atoms with E-state index in [-0.39, 0.29) is 11.1 Å². The molecule has 0 radical (unpaired) electrons. The van der Waals surface area contributed by atoms with Crippen molar-refractivity contribution in [2.75, 3.05) is 0 Å². The molecule has 4 rings (SSSR count). The third-order valence-electron chi connectivity index (χ3n) is 3.74. The highest BCUT2D eigenvalue weighted by Gasteiger charge is 2.12. The van der Waals surface area contributed by atoms with Crippen LogP contribution in [0.3, 0.4) is 0 Å². The molecule has 2 N–H and O–H groups in total. The van der Waals surface area contributed by atoms with Crippen LogP contribution in [0.15, 0.2) is 79.1 Å². The fourth-order valence-corrected chi connectivity index (χ4v) is 2.42. The maximum Gasteiger partial charge on any atom is 0.351 e. The molecule has 0 aliphatic rings. The van der Waals surface area contributed by atoms with Gasteiger partial charge in [-0.15, -0.1) is 0 Å². The van der Waals surface area contributed by atoms with Gasteiger partial charge in [0.1, 0.15) is 22.3 Å². The van der Waals surface area contributed by atoms with Crippen LogP contribution in [0.1, 0.15) is 20.7 Å². The van der Waals surface area contributed by atoms with Crippen molar-refractivity contribution in [3.05, 3.63) is 92.6 Å². The van der Waals surface area contributed by atoms with Crippen molar-refractivity contribution in [2.45, 2.75) is 0 Å². The summed E-state index contributed by atoms with van der Waals surface area (Å²) in [5.74, 6) is -2.55. The van der Waals surface area contributed by atoms with E-state index in [0.29, 0.717) is 21.9 Å². The summed E-state index contributed by atoms with van der Waals surface area (Å²) in [6, 6.07) is 16.1. The molecule has 4 aromatic rings. The molecule has 8 nitrogen and oxygen atoms in total. The van der Waals surface area contributed by atoms with Crippen LogP contribution < -0.4 is 11.3 Å². The highest BCUT2D eigenvalue weighted by atomic mass is 16.4. The maximum atomic E-state index is 11.1. The number of fused-ring (bicyclic) bond motifs is 2. The van der Waals surface area contributed by atoms with Crippen LogP contribution in [0, 0.1) is 0 Å². The first-order valence-corrected chi connectivity index (χ1v) is 7.89. The summed E-state index contributed by atoms with van der Waals surface area (Å²) in [4.78, 5) is 43.5. The molecule has 8 heteroatoms. The van der Waals surface area contributed by atoms with Crippen molar-refractivity contribution in [3.63, 3.8) is 0 Å². The van der Waals surface area contributed by atoms with Gasteiger partial charge in [0.05, 0.1) is 0 Å². The minimum absolute atomic E-state index is 0.344. The molecule has 140 valence electrons. The van der Waals surface area contributed by atoms with Crippen LogP contribution in [0.4, 0.5) is 0 Å². The van der Waals surface area contributed by atoms with E-state index in [1.165, 1.54) is 12.1 Å². The highest BCUT2D eigenvalue weighted by molar-refractivity contribution is 5.92. The molecule has 0 spiro atoms. The van der Waals surface area contributed by atoms with Crippen molar-refractivity contribution < 1.29 is 28.6 Å². The van der Waals surface area contributed by atoms with Gasteiger partial charge < -0.3 is 19.0 Å². The Hall–Kier alpha value is -4.20. The normalized spacial score (nSPS) is 10.3. The number of aromatic carboxylic acids is 2. The summed E-state index contributed by atoms with van der Waals surface area (Å²) >= 11 is 0. The van der Waals surface area contributed by atoms with Gasteiger partial charge in [0.15, 0.2) is 0 Å². The quantitative estimate of drug-likeness (QED) is 0.507. The van der Waals surface area contributed by atoms with Gasteiger partial charge in [0.25, 0.3) is 0 Å². The van der Waals surface area contributed by atoms with E-state index < -0.39 is 23.2 Å². The zero-order chi connectivity index (χ0) is 20.3. The Labute approximate surface area is 155 Å². The minimum atomic E-state index is -1.27. The van der Waals surface area contributed by atoms with Crippen molar-refractivity contribution in [2.24, 2.45) is 0 Å². The first-order valence-electron chi connectivity index (χ1n) is 7.89. The van der Waals surface area contributed by atoms with E-state index in [0.717, 1.165) is 0 Å². The predicted molar refractivity (Wildman–Crippen MR) is 98.9 cm³/mol. The second kappa shape index (κ2) is 7.58. The molecule has 0 amide bonds. The summed E-state index contributed by atoms with van der Waals surface area (Å²) in [5.41, 5.74) is -1.55. The third kappa shape index (κ3) is 3.80. The molecule has 2 aromatic carbocycles. The second-order valence-electron chi connectivity index (χ2n) is 5.58. The summed E-state index contributed by atoms with van der Waals surface area (Å²) in [5, 5.41) is 18.5. The number of para-hydroxylation sites is 2. The lowest BCUT2D eigenvalue weighted by molar-refractivity contribution is 0.0681. The smallest absolute Gasteiger partial charge is 0.351 e. The lowest BCUT2D eigenvalue weighted by Crippen LogP contribution is -2.12. The van der Waals surface area contributed by atoms with E-state index in [4.69, 9.17) is 19.0 Å². The molecule has 0 saturated heterocycles. The van der Waals surface area contributed by atoms with Crippen LogP contribution in [0.25, 0.3) is 21.9 Å². The summed E-state index contributed by atoms with van der Waals surface area (Å²) in [7, 11) is 0. The van der Waals surface area contributed by atoms with Crippen LogP contribution in [0.5, 0.6) is 0 Å². The topological polar surface area (TPSA) is 135 Å². The van der Waals surface area contributed by atoms with Gasteiger partial charge >= 0.3 is 23.2 Å². The number of hydrogen-bond donors (Lipinski definition) is 2. The molecule has 0 aliphatic carbocycles. The number of benzene rings is 2. The van der Waals surface area contributed by atoms with Crippen LogP contribution in [-0.4, -0.2) is 22.2 Å². The molecule has 0 saturated carbocycles. The first kappa shape index (κ1) is 18.6. The Morgan fingerprint density at radius 3 is 1.36 bits per heavy atom. The molecule has 2 aromatic heterocycles. The van der Waals surface area contributed by atoms with Crippen LogP contribution >= 0.6 is 0 Å². The average molecular weight is 380 g/mol. The number of carbonyl (C=O) groups is 2. The van der Waals surface area contributed by atoms with Crippen molar-refractivity contribution in [3.8, 4) is 0 Å². The standard InChI is InChI=1S/2C10H6O4/c2*11-9(12)7-5-6-3-1-2-4-8(6)14-10(7)13/h2*1-5H,(H,11,12). The zero-order valence-electron chi connectivity index (χ0n) is 14.1. The fourth-order valence-electron chi connectivity index (χ4n) is 2.42. The Balaban J connectivity index is 0.000000161. The number of carboxylic acids is 2. The minimum Gasteiger partial charge on any atom is -0.477 e. The van der Waals surface area contributed by atoms with Gasteiger partial charge in [-0.25, -0.2) is 19.2 Å². The van der Waals surface area contributed by atoms with Crippen LogP contribution in [-0.2, 0) is 0 Å². The number of rotatable bonds is 2. The summed E-state index contributed by atoms with van der Waals surface area (Å²) in [6.07, 6.45) is 0. The summed E-state index contributed by atoms with van der Waals surface area (Å²) in [6.45, 7) is 0. The lowest BCUT2D eigenvalue weighted by Gasteiger charge is -1.96. The van der Waals surface area contributed by atoms with Crippen molar-refractivity contribution in [1.29, 1.82) is 0 Å². The molecule has 2 heterocycles. The molecule has 0 fully saturated rings.